The first kappa shape index (κ1) is 13.5. The molecule has 1 aliphatic heterocycles. The number of sulfonamides is 1. The normalized spacial score (nSPS) is 18.1. The Bertz CT molecular complexity index is 477. The van der Waals surface area contributed by atoms with Gasteiger partial charge in [-0.2, -0.15) is 0 Å². The molecule has 0 unspecified atom stereocenters. The molecule has 0 radical (unpaired) electrons. The highest BCUT2D eigenvalue weighted by Gasteiger charge is 2.26. The van der Waals surface area contributed by atoms with Gasteiger partial charge in [-0.3, -0.25) is 0 Å². The van der Waals surface area contributed by atoms with Gasteiger partial charge in [0.2, 0.25) is 10.0 Å². The molecule has 0 spiro atoms. The summed E-state index contributed by atoms with van der Waals surface area (Å²) in [6, 6.07) is 0. The lowest BCUT2D eigenvalue weighted by atomic mass is 10.2. The average molecular weight is 272 g/mol. The molecule has 1 aromatic rings. The van der Waals surface area contributed by atoms with Gasteiger partial charge in [0.1, 0.15) is 5.82 Å². The number of aromatic nitrogens is 2. The number of nitrogens with zero attached hydrogens (tertiary/aromatic N) is 2. The van der Waals surface area contributed by atoms with Crippen LogP contribution < -0.4 is 10.0 Å². The molecular formula is C11H20N4O2S. The molecule has 0 bridgehead atoms. The number of hydrogen-bond acceptors (Lipinski definition) is 4. The SMILES string of the molecule is Cn1ccnc1CCNS(=O)(=O)C1CCNCC1. The fraction of sp³-hybridized carbons (Fsp3) is 0.727. The average Bonchev–Trinajstić information content (AvgIpc) is 2.76. The van der Waals surface area contributed by atoms with Crippen molar-refractivity contribution in [3.05, 3.63) is 18.2 Å². The van der Waals surface area contributed by atoms with E-state index in [2.05, 4.69) is 15.0 Å². The van der Waals surface area contributed by atoms with E-state index in [4.69, 9.17) is 0 Å². The second-order valence-corrected chi connectivity index (χ2v) is 6.64. The summed E-state index contributed by atoms with van der Waals surface area (Å²) < 4.78 is 28.7. The van der Waals surface area contributed by atoms with Crippen LogP contribution in [0.5, 0.6) is 0 Å². The van der Waals surface area contributed by atoms with Crippen LogP contribution in [0, 0.1) is 0 Å². The van der Waals surface area contributed by atoms with Crippen molar-refractivity contribution < 1.29 is 8.42 Å². The number of hydrogen-bond donors (Lipinski definition) is 2. The molecule has 0 aromatic carbocycles. The van der Waals surface area contributed by atoms with E-state index in [0.717, 1.165) is 18.9 Å². The fourth-order valence-corrected chi connectivity index (χ4v) is 3.64. The van der Waals surface area contributed by atoms with Crippen LogP contribution in [0.4, 0.5) is 0 Å². The van der Waals surface area contributed by atoms with Crippen molar-refractivity contribution in [3.8, 4) is 0 Å². The van der Waals surface area contributed by atoms with Gasteiger partial charge in [-0.25, -0.2) is 18.1 Å². The zero-order valence-electron chi connectivity index (χ0n) is 10.6. The van der Waals surface area contributed by atoms with E-state index >= 15 is 0 Å². The molecule has 0 aliphatic carbocycles. The van der Waals surface area contributed by atoms with Crippen LogP contribution in [0.15, 0.2) is 12.4 Å². The van der Waals surface area contributed by atoms with E-state index in [1.807, 2.05) is 17.8 Å². The molecule has 0 saturated carbocycles. The molecule has 0 amide bonds. The summed E-state index contributed by atoms with van der Waals surface area (Å²) in [6.45, 7) is 1.98. The van der Waals surface area contributed by atoms with Crippen LogP contribution in [0.25, 0.3) is 0 Å². The van der Waals surface area contributed by atoms with Crippen LogP contribution in [0.2, 0.25) is 0 Å². The van der Waals surface area contributed by atoms with Crippen LogP contribution >= 0.6 is 0 Å². The maximum atomic E-state index is 12.0. The summed E-state index contributed by atoms with van der Waals surface area (Å²) >= 11 is 0. The number of rotatable bonds is 5. The zero-order chi connectivity index (χ0) is 13.0. The minimum atomic E-state index is -3.18. The lowest BCUT2D eigenvalue weighted by Crippen LogP contribution is -2.42. The number of imidazole rings is 1. The fourth-order valence-electron chi connectivity index (χ4n) is 2.17. The molecule has 2 rings (SSSR count). The molecular weight excluding hydrogens is 252 g/mol. The Morgan fingerprint density at radius 1 is 1.50 bits per heavy atom. The molecule has 1 saturated heterocycles. The van der Waals surface area contributed by atoms with Crippen molar-refractivity contribution in [3.63, 3.8) is 0 Å². The lowest BCUT2D eigenvalue weighted by molar-refractivity contribution is 0.489. The Morgan fingerprint density at radius 2 is 2.22 bits per heavy atom. The van der Waals surface area contributed by atoms with Crippen LogP contribution in [-0.4, -0.2) is 42.9 Å². The molecule has 1 aliphatic rings. The minimum absolute atomic E-state index is 0.250. The topological polar surface area (TPSA) is 76.0 Å². The maximum Gasteiger partial charge on any atom is 0.214 e. The molecule has 1 aromatic heterocycles. The first-order valence-electron chi connectivity index (χ1n) is 6.25. The van der Waals surface area contributed by atoms with Crippen molar-refractivity contribution in [1.82, 2.24) is 19.6 Å². The monoisotopic (exact) mass is 272 g/mol. The molecule has 6 nitrogen and oxygen atoms in total. The van der Waals surface area contributed by atoms with Crippen molar-refractivity contribution in [2.24, 2.45) is 7.05 Å². The number of nitrogens with one attached hydrogen (secondary N) is 2. The van der Waals surface area contributed by atoms with E-state index in [0.29, 0.717) is 25.8 Å². The molecule has 0 atom stereocenters. The van der Waals surface area contributed by atoms with Crippen LogP contribution in [0.3, 0.4) is 0 Å². The Kier molecular flexibility index (Phi) is 4.36. The quantitative estimate of drug-likeness (QED) is 0.767. The Hall–Kier alpha value is -0.920. The van der Waals surface area contributed by atoms with Crippen LogP contribution in [-0.2, 0) is 23.5 Å². The molecule has 7 heteroatoms. The Balaban J connectivity index is 1.83. The third kappa shape index (κ3) is 3.30. The highest BCUT2D eigenvalue weighted by atomic mass is 32.2. The van der Waals surface area contributed by atoms with Gasteiger partial charge < -0.3 is 9.88 Å². The third-order valence-electron chi connectivity index (χ3n) is 3.30. The minimum Gasteiger partial charge on any atom is -0.338 e. The third-order valence-corrected chi connectivity index (χ3v) is 5.25. The summed E-state index contributed by atoms with van der Waals surface area (Å²) in [7, 11) is -1.27. The van der Waals surface area contributed by atoms with E-state index in [-0.39, 0.29) is 5.25 Å². The van der Waals surface area contributed by atoms with Gasteiger partial charge in [-0.1, -0.05) is 0 Å². The van der Waals surface area contributed by atoms with E-state index in [1.54, 1.807) is 6.20 Å². The van der Waals surface area contributed by atoms with Gasteiger partial charge in [-0.05, 0) is 25.9 Å². The second kappa shape index (κ2) is 5.81. The number of piperidine rings is 1. The molecule has 18 heavy (non-hydrogen) atoms. The van der Waals surface area contributed by atoms with Gasteiger partial charge in [0.05, 0.1) is 5.25 Å². The zero-order valence-corrected chi connectivity index (χ0v) is 11.4. The Morgan fingerprint density at radius 3 is 2.83 bits per heavy atom. The van der Waals surface area contributed by atoms with Gasteiger partial charge >= 0.3 is 0 Å². The van der Waals surface area contributed by atoms with E-state index in [9.17, 15) is 8.42 Å². The summed E-state index contributed by atoms with van der Waals surface area (Å²) in [5.41, 5.74) is 0. The molecule has 1 fully saturated rings. The maximum absolute atomic E-state index is 12.0. The van der Waals surface area contributed by atoms with Crippen molar-refractivity contribution in [2.75, 3.05) is 19.6 Å². The standard InChI is InChI=1S/C11H20N4O2S/c1-15-9-8-13-11(15)4-7-14-18(16,17)10-2-5-12-6-3-10/h8-10,12,14H,2-7H2,1H3. The van der Waals surface area contributed by atoms with Crippen molar-refractivity contribution in [1.29, 1.82) is 0 Å². The number of aryl methyl sites for hydroxylation is 1. The molecule has 102 valence electrons. The Labute approximate surface area is 108 Å². The predicted molar refractivity (Wildman–Crippen MR) is 69.7 cm³/mol. The van der Waals surface area contributed by atoms with E-state index < -0.39 is 10.0 Å². The van der Waals surface area contributed by atoms with Gasteiger partial charge in [-0.15, -0.1) is 0 Å². The molecule has 2 N–H and O–H groups in total. The smallest absolute Gasteiger partial charge is 0.214 e. The highest BCUT2D eigenvalue weighted by molar-refractivity contribution is 7.90. The van der Waals surface area contributed by atoms with Gasteiger partial charge in [0, 0.05) is 32.4 Å². The van der Waals surface area contributed by atoms with Gasteiger partial charge in [0.15, 0.2) is 0 Å². The lowest BCUT2D eigenvalue weighted by Gasteiger charge is -2.22. The van der Waals surface area contributed by atoms with Crippen LogP contribution in [0.1, 0.15) is 18.7 Å². The second-order valence-electron chi connectivity index (χ2n) is 4.59. The first-order valence-corrected chi connectivity index (χ1v) is 7.79. The van der Waals surface area contributed by atoms with E-state index in [1.165, 1.54) is 0 Å². The molecule has 2 heterocycles. The van der Waals surface area contributed by atoms with Crippen molar-refractivity contribution >= 4 is 10.0 Å². The summed E-state index contributed by atoms with van der Waals surface area (Å²) in [5, 5.41) is 2.92. The predicted octanol–water partition coefficient (Wildman–Crippen LogP) is -0.366. The van der Waals surface area contributed by atoms with Crippen molar-refractivity contribution in [2.45, 2.75) is 24.5 Å². The summed E-state index contributed by atoms with van der Waals surface area (Å²) in [6.07, 6.45) is 5.58. The highest BCUT2D eigenvalue weighted by Crippen LogP contribution is 2.11. The van der Waals surface area contributed by atoms with Gasteiger partial charge in [0.25, 0.3) is 0 Å². The first-order chi connectivity index (χ1) is 8.59. The summed E-state index contributed by atoms with van der Waals surface area (Å²) in [5.74, 6) is 0.892. The summed E-state index contributed by atoms with van der Waals surface area (Å²) in [4.78, 5) is 4.17. The largest absolute Gasteiger partial charge is 0.338 e.